The molecule has 3 aromatic rings. The molecule has 7 nitrogen and oxygen atoms in total. The topological polar surface area (TPSA) is 72.7 Å². The van der Waals surface area contributed by atoms with Crippen molar-refractivity contribution < 1.29 is 13.9 Å². The molecular formula is C20H19ClFN5O2. The highest BCUT2D eigenvalue weighted by Gasteiger charge is 2.21. The van der Waals surface area contributed by atoms with Crippen molar-refractivity contribution in [2.45, 2.75) is 12.7 Å². The number of anilines is 2. The normalized spacial score (nSPS) is 14.8. The molecule has 4 rings (SSSR count). The number of aliphatic imine (C=N–C) groups is 1. The van der Waals surface area contributed by atoms with Gasteiger partial charge in [0, 0.05) is 29.7 Å². The van der Waals surface area contributed by atoms with Crippen LogP contribution in [0.25, 0.3) is 0 Å². The molecule has 1 aromatic heterocycles. The van der Waals surface area contributed by atoms with Crippen molar-refractivity contribution in [2.75, 3.05) is 24.4 Å². The van der Waals surface area contributed by atoms with Crippen LogP contribution in [0.1, 0.15) is 11.7 Å². The number of hydrogen-bond donors (Lipinski definition) is 2. The summed E-state index contributed by atoms with van der Waals surface area (Å²) in [6.07, 6.45) is 6.56. The Morgan fingerprint density at radius 2 is 2.17 bits per heavy atom. The highest BCUT2D eigenvalue weighted by atomic mass is 35.5. The largest absolute Gasteiger partial charge is 0.493 e. The maximum Gasteiger partial charge on any atom is 0.163 e. The van der Waals surface area contributed by atoms with Crippen LogP contribution < -0.4 is 20.1 Å². The van der Waals surface area contributed by atoms with Crippen LogP contribution in [0.2, 0.25) is 5.02 Å². The van der Waals surface area contributed by atoms with Crippen molar-refractivity contribution >= 4 is 29.3 Å². The Morgan fingerprint density at radius 3 is 2.93 bits per heavy atom. The van der Waals surface area contributed by atoms with Gasteiger partial charge in [-0.05, 0) is 24.3 Å². The van der Waals surface area contributed by atoms with Gasteiger partial charge in [-0.15, -0.1) is 0 Å². The number of halogens is 2. The number of methoxy groups -OCH3 is 1. The molecule has 1 aliphatic heterocycles. The molecule has 0 fully saturated rings. The minimum Gasteiger partial charge on any atom is -0.493 e. The smallest absolute Gasteiger partial charge is 0.163 e. The number of ether oxygens (including phenoxy) is 2. The van der Waals surface area contributed by atoms with E-state index in [9.17, 15) is 4.39 Å². The lowest BCUT2D eigenvalue weighted by Crippen LogP contribution is -2.17. The zero-order valence-corrected chi connectivity index (χ0v) is 16.4. The van der Waals surface area contributed by atoms with Crippen LogP contribution in [0.15, 0.2) is 54.0 Å². The van der Waals surface area contributed by atoms with Gasteiger partial charge in [-0.25, -0.2) is 14.4 Å². The predicted octanol–water partition coefficient (Wildman–Crippen LogP) is 4.33. The first-order valence-electron chi connectivity index (χ1n) is 8.94. The lowest BCUT2D eigenvalue weighted by atomic mass is 10.1. The molecule has 0 radical (unpaired) electrons. The lowest BCUT2D eigenvalue weighted by molar-refractivity contribution is 0.279. The average molecular weight is 416 g/mol. The van der Waals surface area contributed by atoms with E-state index in [0.29, 0.717) is 30.3 Å². The van der Waals surface area contributed by atoms with E-state index in [2.05, 4.69) is 20.6 Å². The van der Waals surface area contributed by atoms with Crippen molar-refractivity contribution in [3.8, 4) is 11.5 Å². The molecule has 2 heterocycles. The summed E-state index contributed by atoms with van der Waals surface area (Å²) < 4.78 is 26.8. The monoisotopic (exact) mass is 415 g/mol. The summed E-state index contributed by atoms with van der Waals surface area (Å²) in [5.41, 5.74) is 2.36. The summed E-state index contributed by atoms with van der Waals surface area (Å²) in [5, 5.41) is 6.42. The number of nitrogens with one attached hydrogen (secondary N) is 2. The second-order valence-electron chi connectivity index (χ2n) is 6.34. The zero-order valence-electron chi connectivity index (χ0n) is 15.6. The first-order valence-corrected chi connectivity index (χ1v) is 9.32. The standard InChI is InChI=1S/C20H19ClFN5O2/c1-28-18-9-14-17(10-19(18)29-7-6-27-5-4-23-12-27)24-11-25-20(14)26-13-2-3-16(22)15(21)8-13/h2-5,8-12,20,26H,6-7H2,1H3,(H,24,25). The molecule has 0 bridgehead atoms. The van der Waals surface area contributed by atoms with E-state index in [1.807, 2.05) is 22.9 Å². The van der Waals surface area contributed by atoms with Crippen molar-refractivity contribution in [3.05, 3.63) is 65.5 Å². The van der Waals surface area contributed by atoms with E-state index in [4.69, 9.17) is 21.1 Å². The summed E-state index contributed by atoms with van der Waals surface area (Å²) >= 11 is 5.88. The van der Waals surface area contributed by atoms with Crippen LogP contribution in [0.3, 0.4) is 0 Å². The molecule has 0 saturated carbocycles. The second-order valence-corrected chi connectivity index (χ2v) is 6.74. The highest BCUT2D eigenvalue weighted by Crippen LogP contribution is 2.39. The first kappa shape index (κ1) is 19.1. The van der Waals surface area contributed by atoms with Gasteiger partial charge in [-0.2, -0.15) is 0 Å². The third-order valence-electron chi connectivity index (χ3n) is 4.46. The fourth-order valence-electron chi connectivity index (χ4n) is 3.00. The Bertz CT molecular complexity index is 1030. The summed E-state index contributed by atoms with van der Waals surface area (Å²) in [7, 11) is 1.59. The molecule has 150 valence electrons. The number of fused-ring (bicyclic) bond motifs is 1. The van der Waals surface area contributed by atoms with Crippen LogP contribution in [0.4, 0.5) is 15.8 Å². The van der Waals surface area contributed by atoms with E-state index in [-0.39, 0.29) is 11.2 Å². The van der Waals surface area contributed by atoms with E-state index in [1.54, 1.807) is 32.0 Å². The fourth-order valence-corrected chi connectivity index (χ4v) is 3.18. The molecular weight excluding hydrogens is 397 g/mol. The van der Waals surface area contributed by atoms with Gasteiger partial charge < -0.3 is 24.7 Å². The van der Waals surface area contributed by atoms with Gasteiger partial charge in [-0.3, -0.25) is 0 Å². The number of imidazole rings is 1. The molecule has 29 heavy (non-hydrogen) atoms. The molecule has 0 amide bonds. The SMILES string of the molecule is COc1cc2c(cc1OCCn1ccnc1)NC=NC2Nc1ccc(F)c(Cl)c1. The maximum absolute atomic E-state index is 13.4. The van der Waals surface area contributed by atoms with Gasteiger partial charge in [0.15, 0.2) is 11.5 Å². The molecule has 0 saturated heterocycles. The van der Waals surface area contributed by atoms with Gasteiger partial charge in [0.2, 0.25) is 0 Å². The third-order valence-corrected chi connectivity index (χ3v) is 4.75. The Labute approximate surface area is 172 Å². The lowest BCUT2D eigenvalue weighted by Gasteiger charge is -2.25. The highest BCUT2D eigenvalue weighted by molar-refractivity contribution is 6.31. The Morgan fingerprint density at radius 1 is 1.28 bits per heavy atom. The van der Waals surface area contributed by atoms with E-state index in [1.165, 1.54) is 12.1 Å². The molecule has 9 heteroatoms. The minimum absolute atomic E-state index is 0.0485. The van der Waals surface area contributed by atoms with Crippen molar-refractivity contribution in [1.82, 2.24) is 9.55 Å². The maximum atomic E-state index is 13.4. The number of rotatable bonds is 7. The van der Waals surface area contributed by atoms with Crippen LogP contribution >= 0.6 is 11.6 Å². The van der Waals surface area contributed by atoms with Crippen molar-refractivity contribution in [3.63, 3.8) is 0 Å². The van der Waals surface area contributed by atoms with Gasteiger partial charge in [0.25, 0.3) is 0 Å². The zero-order chi connectivity index (χ0) is 20.2. The molecule has 0 spiro atoms. The number of aromatic nitrogens is 2. The molecule has 2 N–H and O–H groups in total. The van der Waals surface area contributed by atoms with Gasteiger partial charge >= 0.3 is 0 Å². The van der Waals surface area contributed by atoms with Crippen LogP contribution in [0, 0.1) is 5.82 Å². The van der Waals surface area contributed by atoms with Gasteiger partial charge in [0.05, 0.1) is 37.0 Å². The molecule has 2 aromatic carbocycles. The molecule has 1 aliphatic rings. The molecule has 1 atom stereocenters. The number of hydrogen-bond acceptors (Lipinski definition) is 6. The Balaban J connectivity index is 1.53. The Hall–Kier alpha value is -3.26. The number of nitrogens with zero attached hydrogens (tertiary/aromatic N) is 3. The van der Waals surface area contributed by atoms with Crippen molar-refractivity contribution in [1.29, 1.82) is 0 Å². The van der Waals surface area contributed by atoms with Gasteiger partial charge in [-0.1, -0.05) is 11.6 Å². The van der Waals surface area contributed by atoms with Crippen LogP contribution in [0.5, 0.6) is 11.5 Å². The average Bonchev–Trinajstić information content (AvgIpc) is 3.24. The summed E-state index contributed by atoms with van der Waals surface area (Å²) in [6, 6.07) is 8.20. The summed E-state index contributed by atoms with van der Waals surface area (Å²) in [4.78, 5) is 8.44. The minimum atomic E-state index is -0.467. The number of benzene rings is 2. The fraction of sp³-hybridized carbons (Fsp3) is 0.200. The van der Waals surface area contributed by atoms with Gasteiger partial charge in [0.1, 0.15) is 18.6 Å². The van der Waals surface area contributed by atoms with E-state index >= 15 is 0 Å². The van der Waals surface area contributed by atoms with E-state index < -0.39 is 5.82 Å². The first-order chi connectivity index (χ1) is 14.1. The van der Waals surface area contributed by atoms with Crippen LogP contribution in [-0.2, 0) is 6.54 Å². The van der Waals surface area contributed by atoms with Crippen LogP contribution in [-0.4, -0.2) is 29.6 Å². The molecule has 0 aliphatic carbocycles. The summed E-state index contributed by atoms with van der Waals surface area (Å²) in [6.45, 7) is 1.14. The predicted molar refractivity (Wildman–Crippen MR) is 111 cm³/mol. The summed E-state index contributed by atoms with van der Waals surface area (Å²) in [5.74, 6) is 0.751. The third kappa shape index (κ3) is 4.27. The quantitative estimate of drug-likeness (QED) is 0.601. The second kappa shape index (κ2) is 8.40. The Kier molecular flexibility index (Phi) is 5.53. The van der Waals surface area contributed by atoms with Crippen molar-refractivity contribution in [2.24, 2.45) is 4.99 Å². The molecule has 1 unspecified atom stereocenters. The van der Waals surface area contributed by atoms with E-state index in [0.717, 1.165) is 11.3 Å².